The fraction of sp³-hybridized carbons (Fsp3) is 0.533. The number of halogens is 1. The van der Waals surface area contributed by atoms with Gasteiger partial charge in [-0.15, -0.1) is 11.6 Å². The van der Waals surface area contributed by atoms with Gasteiger partial charge >= 0.3 is 0 Å². The van der Waals surface area contributed by atoms with E-state index in [4.69, 9.17) is 11.6 Å². The highest BCUT2D eigenvalue weighted by molar-refractivity contribution is 7.92. The summed E-state index contributed by atoms with van der Waals surface area (Å²) in [5, 5.41) is -0.288. The van der Waals surface area contributed by atoms with E-state index in [0.717, 1.165) is 35.3 Å². The minimum absolute atomic E-state index is 0.288. The zero-order valence-corrected chi connectivity index (χ0v) is 13.6. The Kier molecular flexibility index (Phi) is 3.97. The van der Waals surface area contributed by atoms with E-state index in [2.05, 4.69) is 9.55 Å². The van der Waals surface area contributed by atoms with Crippen LogP contribution >= 0.6 is 11.6 Å². The number of fused-ring (bicyclic) bond motifs is 1. The van der Waals surface area contributed by atoms with Crippen LogP contribution in [0, 0.1) is 6.92 Å². The van der Waals surface area contributed by atoms with Gasteiger partial charge in [0.2, 0.25) is 0 Å². The molecule has 0 spiro atoms. The molecule has 1 unspecified atom stereocenters. The van der Waals surface area contributed by atoms with E-state index in [-0.39, 0.29) is 5.25 Å². The fourth-order valence-corrected chi connectivity index (χ4v) is 5.05. The van der Waals surface area contributed by atoms with Crippen LogP contribution in [-0.4, -0.2) is 34.9 Å². The van der Waals surface area contributed by atoms with Crippen LogP contribution in [0.4, 0.5) is 0 Å². The highest BCUT2D eigenvalue weighted by Gasteiger charge is 2.32. The Morgan fingerprint density at radius 1 is 1.43 bits per heavy atom. The van der Waals surface area contributed by atoms with Crippen molar-refractivity contribution in [2.45, 2.75) is 38.0 Å². The van der Waals surface area contributed by atoms with Gasteiger partial charge in [-0.2, -0.15) is 0 Å². The molecule has 1 aliphatic rings. The lowest BCUT2D eigenvalue weighted by atomic mass is 10.2. The quantitative estimate of drug-likeness (QED) is 0.812. The second-order valence-electron chi connectivity index (χ2n) is 5.65. The summed E-state index contributed by atoms with van der Waals surface area (Å²) < 4.78 is 26.3. The van der Waals surface area contributed by atoms with E-state index in [1.165, 1.54) is 0 Å². The molecule has 21 heavy (non-hydrogen) atoms. The number of aryl methyl sites for hydroxylation is 2. The Morgan fingerprint density at radius 3 is 2.90 bits per heavy atom. The predicted molar refractivity (Wildman–Crippen MR) is 85.7 cm³/mol. The zero-order chi connectivity index (χ0) is 15.0. The van der Waals surface area contributed by atoms with E-state index in [0.29, 0.717) is 24.6 Å². The van der Waals surface area contributed by atoms with Crippen molar-refractivity contribution in [3.63, 3.8) is 0 Å². The molecular formula is C15H19ClN2O2S. The van der Waals surface area contributed by atoms with Gasteiger partial charge in [0.15, 0.2) is 9.84 Å². The molecule has 0 radical (unpaired) electrons. The van der Waals surface area contributed by atoms with Gasteiger partial charge in [-0.1, -0.05) is 12.1 Å². The van der Waals surface area contributed by atoms with E-state index < -0.39 is 9.84 Å². The number of hydrogen-bond acceptors (Lipinski definition) is 3. The highest BCUT2D eigenvalue weighted by Crippen LogP contribution is 2.26. The summed E-state index contributed by atoms with van der Waals surface area (Å²) in [5.41, 5.74) is 3.07. The summed E-state index contributed by atoms with van der Waals surface area (Å²) in [4.78, 5) is 4.68. The van der Waals surface area contributed by atoms with Gasteiger partial charge in [0.1, 0.15) is 5.82 Å². The van der Waals surface area contributed by atoms with Gasteiger partial charge in [0.05, 0.1) is 22.0 Å². The third-order valence-corrected chi connectivity index (χ3v) is 6.67. The standard InChI is InChI=1S/C15H19ClN2O2S/c1-11-4-2-6-13-15(11)17-14(7-8-16)18(13)10-12-5-3-9-21(12,19)20/h2,4,6,12H,3,5,7-10H2,1H3. The summed E-state index contributed by atoms with van der Waals surface area (Å²) in [6.07, 6.45) is 2.17. The number of aromatic nitrogens is 2. The first-order valence-corrected chi connectivity index (χ1v) is 9.50. The van der Waals surface area contributed by atoms with Crippen LogP contribution in [-0.2, 0) is 22.8 Å². The molecule has 3 rings (SSSR count). The number of imidazole rings is 1. The third kappa shape index (κ3) is 2.69. The molecule has 2 aromatic rings. The highest BCUT2D eigenvalue weighted by atomic mass is 35.5. The minimum Gasteiger partial charge on any atom is -0.327 e. The normalized spacial score (nSPS) is 21.1. The van der Waals surface area contributed by atoms with Crippen molar-refractivity contribution in [2.24, 2.45) is 0 Å². The van der Waals surface area contributed by atoms with E-state index in [1.54, 1.807) is 0 Å². The van der Waals surface area contributed by atoms with Crippen LogP contribution in [0.25, 0.3) is 11.0 Å². The number of hydrogen-bond donors (Lipinski definition) is 0. The van der Waals surface area contributed by atoms with E-state index >= 15 is 0 Å². The van der Waals surface area contributed by atoms with Gasteiger partial charge in [0.25, 0.3) is 0 Å². The Hall–Kier alpha value is -1.07. The maximum atomic E-state index is 12.1. The van der Waals surface area contributed by atoms with Crippen molar-refractivity contribution >= 4 is 32.5 Å². The van der Waals surface area contributed by atoms with Gasteiger partial charge in [-0.05, 0) is 31.4 Å². The molecular weight excluding hydrogens is 308 g/mol. The van der Waals surface area contributed by atoms with Crippen molar-refractivity contribution in [3.8, 4) is 0 Å². The predicted octanol–water partition coefficient (Wildman–Crippen LogP) is 2.70. The van der Waals surface area contributed by atoms with Crippen LogP contribution in [0.2, 0.25) is 0 Å². The number of rotatable bonds is 4. The van der Waals surface area contributed by atoms with E-state index in [9.17, 15) is 8.42 Å². The average molecular weight is 327 g/mol. The lowest BCUT2D eigenvalue weighted by Gasteiger charge is -2.14. The van der Waals surface area contributed by atoms with Gasteiger partial charge in [-0.3, -0.25) is 0 Å². The summed E-state index contributed by atoms with van der Waals surface area (Å²) in [6.45, 7) is 2.52. The van der Waals surface area contributed by atoms with Crippen LogP contribution in [0.15, 0.2) is 18.2 Å². The first-order valence-electron chi connectivity index (χ1n) is 7.25. The maximum absolute atomic E-state index is 12.1. The summed E-state index contributed by atoms with van der Waals surface area (Å²) in [6, 6.07) is 6.02. The minimum atomic E-state index is -2.96. The number of sulfone groups is 1. The van der Waals surface area contributed by atoms with Crippen molar-refractivity contribution in [3.05, 3.63) is 29.6 Å². The fourth-order valence-electron chi connectivity index (χ4n) is 3.08. The molecule has 0 N–H and O–H groups in total. The first kappa shape index (κ1) is 14.9. The maximum Gasteiger partial charge on any atom is 0.154 e. The van der Waals surface area contributed by atoms with Crippen LogP contribution in [0.3, 0.4) is 0 Å². The smallest absolute Gasteiger partial charge is 0.154 e. The molecule has 0 saturated carbocycles. The number of nitrogens with zero attached hydrogens (tertiary/aromatic N) is 2. The lowest BCUT2D eigenvalue weighted by molar-refractivity contribution is 0.564. The molecule has 2 heterocycles. The summed E-state index contributed by atoms with van der Waals surface area (Å²) in [7, 11) is -2.96. The molecule has 1 aromatic carbocycles. The molecule has 1 aliphatic heterocycles. The van der Waals surface area contributed by atoms with Crippen molar-refractivity contribution in [1.29, 1.82) is 0 Å². The molecule has 6 heteroatoms. The molecule has 114 valence electrons. The van der Waals surface area contributed by atoms with Gasteiger partial charge in [-0.25, -0.2) is 13.4 Å². The Morgan fingerprint density at radius 2 is 2.24 bits per heavy atom. The van der Waals surface area contributed by atoms with Crippen LogP contribution in [0.1, 0.15) is 24.2 Å². The molecule has 1 fully saturated rings. The molecule has 0 bridgehead atoms. The number of benzene rings is 1. The summed E-state index contributed by atoms with van der Waals surface area (Å²) >= 11 is 5.88. The molecule has 0 aliphatic carbocycles. The SMILES string of the molecule is Cc1cccc2c1nc(CCCl)n2CC1CCCS1(=O)=O. The van der Waals surface area contributed by atoms with E-state index in [1.807, 2.05) is 25.1 Å². The zero-order valence-electron chi connectivity index (χ0n) is 12.0. The Bertz CT molecular complexity index is 767. The monoisotopic (exact) mass is 326 g/mol. The summed E-state index contributed by atoms with van der Waals surface area (Å²) in [5.74, 6) is 1.69. The second kappa shape index (κ2) is 5.61. The largest absolute Gasteiger partial charge is 0.327 e. The molecule has 4 nitrogen and oxygen atoms in total. The molecule has 0 amide bonds. The lowest BCUT2D eigenvalue weighted by Crippen LogP contribution is -2.23. The number of alkyl halides is 1. The topological polar surface area (TPSA) is 52.0 Å². The van der Waals surface area contributed by atoms with Crippen LogP contribution in [0.5, 0.6) is 0 Å². The van der Waals surface area contributed by atoms with Gasteiger partial charge in [0, 0.05) is 18.8 Å². The Balaban J connectivity index is 2.07. The first-order chi connectivity index (χ1) is 10.0. The van der Waals surface area contributed by atoms with Gasteiger partial charge < -0.3 is 4.57 Å². The van der Waals surface area contributed by atoms with Crippen molar-refractivity contribution < 1.29 is 8.42 Å². The molecule has 1 atom stereocenters. The Labute approximate surface area is 130 Å². The molecule has 1 aromatic heterocycles. The van der Waals surface area contributed by atoms with Crippen molar-refractivity contribution in [2.75, 3.05) is 11.6 Å². The second-order valence-corrected chi connectivity index (χ2v) is 8.43. The number of para-hydroxylation sites is 1. The van der Waals surface area contributed by atoms with Crippen LogP contribution < -0.4 is 0 Å². The molecule has 1 saturated heterocycles. The van der Waals surface area contributed by atoms with Crippen molar-refractivity contribution in [1.82, 2.24) is 9.55 Å². The third-order valence-electron chi connectivity index (χ3n) is 4.23. The average Bonchev–Trinajstić information content (AvgIpc) is 2.94.